The van der Waals surface area contributed by atoms with Gasteiger partial charge in [-0.15, -0.1) is 0 Å². The number of fused-ring (bicyclic) bond motifs is 3. The summed E-state index contributed by atoms with van der Waals surface area (Å²) in [5.41, 5.74) is -2.02. The Morgan fingerprint density at radius 2 is 1.67 bits per heavy atom. The maximum Gasteiger partial charge on any atom is 0.331 e. The molecule has 8 heteroatoms. The highest BCUT2D eigenvalue weighted by atomic mass is 79.9. The van der Waals surface area contributed by atoms with Gasteiger partial charge in [-0.25, -0.2) is 0 Å². The number of esters is 3. The van der Waals surface area contributed by atoms with Gasteiger partial charge in [0.25, 0.3) is 0 Å². The molecule has 7 nitrogen and oxygen atoms in total. The van der Waals surface area contributed by atoms with Gasteiger partial charge in [-0.3, -0.25) is 19.7 Å². The summed E-state index contributed by atoms with van der Waals surface area (Å²) in [7, 11) is 2.49. The van der Waals surface area contributed by atoms with E-state index in [4.69, 9.17) is 14.2 Å². The third-order valence-corrected chi connectivity index (χ3v) is 6.57. The molecular formula is C22H20BrNO6. The highest BCUT2D eigenvalue weighted by Crippen LogP contribution is 2.62. The lowest BCUT2D eigenvalue weighted by Crippen LogP contribution is -2.55. The topological polar surface area (TPSA) is 90.9 Å². The molecule has 2 aliphatic heterocycles. The fourth-order valence-corrected chi connectivity index (χ4v) is 5.05. The van der Waals surface area contributed by atoms with Crippen LogP contribution in [0.3, 0.4) is 0 Å². The summed E-state index contributed by atoms with van der Waals surface area (Å²) in [6.07, 6.45) is 0. The summed E-state index contributed by atoms with van der Waals surface area (Å²) >= 11 is 3.39. The Bertz CT molecular complexity index is 1040. The number of para-hydroxylation sites is 1. The Balaban J connectivity index is 2.05. The van der Waals surface area contributed by atoms with Crippen molar-refractivity contribution in [3.63, 3.8) is 0 Å². The standard InChI is InChI=1S/C22H20BrNO6/c1-21(18(25)28-2)16-14-6-4-5-7-15(14)30-20(27)22(16,19(26)29-3)17(24-21)12-8-10-13(23)11-9-12/h4-11,16-17,24H,1-3H3/t16-,17+,21+,22-/m0/s1. The summed E-state index contributed by atoms with van der Waals surface area (Å²) in [6.45, 7) is 1.63. The number of benzene rings is 2. The zero-order valence-electron chi connectivity index (χ0n) is 16.6. The normalized spacial score (nSPS) is 29.4. The maximum atomic E-state index is 13.5. The highest BCUT2D eigenvalue weighted by Gasteiger charge is 2.75. The van der Waals surface area contributed by atoms with Crippen LogP contribution in [0.4, 0.5) is 0 Å². The van der Waals surface area contributed by atoms with E-state index < -0.39 is 40.8 Å². The molecule has 0 spiro atoms. The lowest BCUT2D eigenvalue weighted by atomic mass is 9.62. The molecule has 0 saturated carbocycles. The van der Waals surface area contributed by atoms with Gasteiger partial charge in [0.2, 0.25) is 0 Å². The first-order chi connectivity index (χ1) is 14.3. The average Bonchev–Trinajstić information content (AvgIpc) is 3.05. The second-order valence-electron chi connectivity index (χ2n) is 7.54. The number of hydrogen-bond donors (Lipinski definition) is 1. The van der Waals surface area contributed by atoms with Crippen LogP contribution in [0.5, 0.6) is 5.75 Å². The first-order valence-electron chi connectivity index (χ1n) is 9.32. The molecule has 2 aromatic carbocycles. The van der Waals surface area contributed by atoms with Crippen molar-refractivity contribution in [3.8, 4) is 5.75 Å². The zero-order valence-corrected chi connectivity index (χ0v) is 18.2. The molecule has 0 bridgehead atoms. The molecule has 0 aliphatic carbocycles. The Kier molecular flexibility index (Phi) is 4.94. The molecule has 2 aliphatic rings. The van der Waals surface area contributed by atoms with Gasteiger partial charge in [0.05, 0.1) is 20.3 Å². The van der Waals surface area contributed by atoms with Gasteiger partial charge < -0.3 is 14.2 Å². The fraction of sp³-hybridized carbons (Fsp3) is 0.318. The van der Waals surface area contributed by atoms with Crippen molar-refractivity contribution in [1.29, 1.82) is 0 Å². The van der Waals surface area contributed by atoms with Crippen LogP contribution in [0.2, 0.25) is 0 Å². The third-order valence-electron chi connectivity index (χ3n) is 6.04. The molecule has 0 unspecified atom stereocenters. The highest BCUT2D eigenvalue weighted by molar-refractivity contribution is 9.10. The number of halogens is 1. The SMILES string of the molecule is COC(=O)[C@]12C(=O)Oc3ccccc3[C@H]1[C@](C)(C(=O)OC)N[C@@H]2c1ccc(Br)cc1. The molecule has 4 rings (SSSR count). The van der Waals surface area contributed by atoms with Crippen LogP contribution in [0.25, 0.3) is 0 Å². The van der Waals surface area contributed by atoms with Gasteiger partial charge >= 0.3 is 17.9 Å². The zero-order chi connectivity index (χ0) is 21.7. The van der Waals surface area contributed by atoms with Crippen LogP contribution >= 0.6 is 15.9 Å². The molecule has 156 valence electrons. The van der Waals surface area contributed by atoms with E-state index in [0.717, 1.165) is 4.47 Å². The number of methoxy groups -OCH3 is 2. The monoisotopic (exact) mass is 473 g/mol. The molecule has 30 heavy (non-hydrogen) atoms. The van der Waals surface area contributed by atoms with E-state index in [0.29, 0.717) is 16.9 Å². The van der Waals surface area contributed by atoms with Crippen molar-refractivity contribution >= 4 is 33.8 Å². The second-order valence-corrected chi connectivity index (χ2v) is 8.46. The van der Waals surface area contributed by atoms with Crippen molar-refractivity contribution in [3.05, 3.63) is 64.1 Å². The number of ether oxygens (including phenoxy) is 3. The fourth-order valence-electron chi connectivity index (χ4n) is 4.79. The van der Waals surface area contributed by atoms with Crippen LogP contribution < -0.4 is 10.1 Å². The van der Waals surface area contributed by atoms with Crippen molar-refractivity contribution in [2.24, 2.45) is 5.41 Å². The number of rotatable bonds is 3. The van der Waals surface area contributed by atoms with E-state index in [1.165, 1.54) is 14.2 Å². The van der Waals surface area contributed by atoms with Crippen LogP contribution in [0, 0.1) is 5.41 Å². The Labute approximate surface area is 181 Å². The maximum absolute atomic E-state index is 13.5. The summed E-state index contributed by atoms with van der Waals surface area (Å²) in [4.78, 5) is 39.8. The number of carbonyl (C=O) groups is 3. The molecule has 1 fully saturated rings. The molecule has 1 saturated heterocycles. The predicted octanol–water partition coefficient (Wildman–Crippen LogP) is 2.89. The molecule has 4 atom stereocenters. The molecular weight excluding hydrogens is 454 g/mol. The minimum absolute atomic E-state index is 0.306. The summed E-state index contributed by atoms with van der Waals surface area (Å²) < 4.78 is 16.7. The molecule has 0 radical (unpaired) electrons. The quantitative estimate of drug-likeness (QED) is 0.416. The second kappa shape index (κ2) is 7.21. The van der Waals surface area contributed by atoms with Gasteiger partial charge in [0, 0.05) is 16.0 Å². The van der Waals surface area contributed by atoms with Crippen molar-refractivity contribution < 1.29 is 28.6 Å². The Morgan fingerprint density at radius 1 is 1.03 bits per heavy atom. The van der Waals surface area contributed by atoms with E-state index in [-0.39, 0.29) is 0 Å². The first-order valence-corrected chi connectivity index (χ1v) is 10.1. The molecule has 0 amide bonds. The Hall–Kier alpha value is -2.71. The van der Waals surface area contributed by atoms with Crippen molar-refractivity contribution in [2.75, 3.05) is 14.2 Å². The Morgan fingerprint density at radius 3 is 2.30 bits per heavy atom. The van der Waals surface area contributed by atoms with Crippen molar-refractivity contribution in [1.82, 2.24) is 5.32 Å². The smallest absolute Gasteiger partial charge is 0.331 e. The third kappa shape index (κ3) is 2.63. The predicted molar refractivity (Wildman–Crippen MR) is 110 cm³/mol. The van der Waals surface area contributed by atoms with E-state index in [9.17, 15) is 14.4 Å². The van der Waals surface area contributed by atoms with E-state index >= 15 is 0 Å². The lowest BCUT2D eigenvalue weighted by molar-refractivity contribution is -0.170. The molecule has 0 aromatic heterocycles. The molecule has 1 N–H and O–H groups in total. The van der Waals surface area contributed by atoms with Crippen LogP contribution in [-0.4, -0.2) is 37.7 Å². The summed E-state index contributed by atoms with van der Waals surface area (Å²) in [5, 5.41) is 3.23. The van der Waals surface area contributed by atoms with Gasteiger partial charge in [-0.1, -0.05) is 46.3 Å². The average molecular weight is 474 g/mol. The van der Waals surface area contributed by atoms with Crippen molar-refractivity contribution in [2.45, 2.75) is 24.4 Å². The number of hydrogen-bond acceptors (Lipinski definition) is 7. The number of nitrogens with one attached hydrogen (secondary N) is 1. The molecule has 2 aromatic rings. The van der Waals surface area contributed by atoms with Gasteiger partial charge in [0.1, 0.15) is 11.3 Å². The van der Waals surface area contributed by atoms with E-state index in [1.54, 1.807) is 55.5 Å². The van der Waals surface area contributed by atoms with Gasteiger partial charge in [-0.2, -0.15) is 0 Å². The van der Waals surface area contributed by atoms with Crippen LogP contribution in [0.1, 0.15) is 30.0 Å². The summed E-state index contributed by atoms with van der Waals surface area (Å²) in [6, 6.07) is 13.1. The van der Waals surface area contributed by atoms with E-state index in [2.05, 4.69) is 21.2 Å². The van der Waals surface area contributed by atoms with Crippen LogP contribution in [-0.2, 0) is 23.9 Å². The minimum Gasteiger partial charge on any atom is -0.468 e. The van der Waals surface area contributed by atoms with E-state index in [1.807, 2.05) is 0 Å². The first kappa shape index (κ1) is 20.6. The lowest BCUT2D eigenvalue weighted by Gasteiger charge is -2.40. The summed E-state index contributed by atoms with van der Waals surface area (Å²) in [5.74, 6) is -2.74. The molecule has 2 heterocycles. The van der Waals surface area contributed by atoms with Gasteiger partial charge in [-0.05, 0) is 30.7 Å². The van der Waals surface area contributed by atoms with Crippen LogP contribution in [0.15, 0.2) is 53.0 Å². The number of carbonyl (C=O) groups excluding carboxylic acids is 3. The van der Waals surface area contributed by atoms with Gasteiger partial charge in [0.15, 0.2) is 5.41 Å². The minimum atomic E-state index is -1.82. The largest absolute Gasteiger partial charge is 0.468 e.